The molecule has 0 bridgehead atoms. The normalized spacial score (nSPS) is 10.5. The highest BCUT2D eigenvalue weighted by Crippen LogP contribution is 2.16. The fraction of sp³-hybridized carbons (Fsp3) is 0.375. The van der Waals surface area contributed by atoms with Crippen molar-refractivity contribution in [2.75, 3.05) is 23.4 Å². The summed E-state index contributed by atoms with van der Waals surface area (Å²) in [6.07, 6.45) is 0.445. The number of anilines is 1. The Morgan fingerprint density at radius 1 is 1.32 bits per heavy atom. The molecule has 118 valence electrons. The molecule has 1 aromatic carbocycles. The van der Waals surface area contributed by atoms with Crippen LogP contribution in [0, 0.1) is 13.8 Å². The quantitative estimate of drug-likeness (QED) is 0.755. The minimum Gasteiger partial charge on any atom is -0.492 e. The van der Waals surface area contributed by atoms with E-state index in [1.165, 1.54) is 0 Å². The average molecular weight is 320 g/mol. The van der Waals surface area contributed by atoms with E-state index in [4.69, 9.17) is 9.26 Å². The number of hydrogen-bond acceptors (Lipinski definition) is 5. The van der Waals surface area contributed by atoms with E-state index in [1.807, 2.05) is 31.2 Å². The van der Waals surface area contributed by atoms with Crippen LogP contribution in [0.25, 0.3) is 0 Å². The third-order valence-corrected chi connectivity index (χ3v) is 3.90. The number of aryl methyl sites for hydroxylation is 2. The molecule has 1 heterocycles. The van der Waals surface area contributed by atoms with Crippen molar-refractivity contribution < 1.29 is 14.1 Å². The molecule has 0 spiro atoms. The monoisotopic (exact) mass is 320 g/mol. The average Bonchev–Trinajstić information content (AvgIpc) is 2.89. The first-order valence-corrected chi connectivity index (χ1v) is 8.30. The molecular weight excluding hydrogens is 300 g/mol. The molecule has 0 aliphatic carbocycles. The first-order chi connectivity index (χ1) is 10.6. The summed E-state index contributed by atoms with van der Waals surface area (Å²) in [4.78, 5) is 11.7. The molecule has 0 fully saturated rings. The van der Waals surface area contributed by atoms with Crippen molar-refractivity contribution in [2.45, 2.75) is 20.3 Å². The Morgan fingerprint density at radius 2 is 2.14 bits per heavy atom. The van der Waals surface area contributed by atoms with Crippen molar-refractivity contribution >= 4 is 23.5 Å². The van der Waals surface area contributed by atoms with Gasteiger partial charge in [0.2, 0.25) is 5.91 Å². The van der Waals surface area contributed by atoms with Gasteiger partial charge in [0, 0.05) is 24.0 Å². The number of para-hydroxylation sites is 1. The lowest BCUT2D eigenvalue weighted by Gasteiger charge is -2.08. The number of benzene rings is 1. The highest BCUT2D eigenvalue weighted by molar-refractivity contribution is 7.99. The minimum absolute atomic E-state index is 0.0550. The van der Waals surface area contributed by atoms with Crippen LogP contribution in [0.3, 0.4) is 0 Å². The number of rotatable bonds is 8. The summed E-state index contributed by atoms with van der Waals surface area (Å²) >= 11 is 1.69. The Bertz CT molecular complexity index is 613. The lowest BCUT2D eigenvalue weighted by Crippen LogP contribution is -2.12. The molecule has 1 amide bonds. The summed E-state index contributed by atoms with van der Waals surface area (Å²) in [6, 6.07) is 9.64. The second-order valence-electron chi connectivity index (χ2n) is 4.85. The fourth-order valence-electron chi connectivity index (χ4n) is 1.83. The van der Waals surface area contributed by atoms with Crippen molar-refractivity contribution in [1.29, 1.82) is 0 Å². The molecule has 0 saturated carbocycles. The molecule has 22 heavy (non-hydrogen) atoms. The van der Waals surface area contributed by atoms with Gasteiger partial charge in [0.05, 0.1) is 6.61 Å². The van der Waals surface area contributed by atoms with Crippen molar-refractivity contribution in [3.63, 3.8) is 0 Å². The molecule has 0 unspecified atom stereocenters. The van der Waals surface area contributed by atoms with Crippen molar-refractivity contribution in [3.8, 4) is 5.75 Å². The summed E-state index contributed by atoms with van der Waals surface area (Å²) in [5.74, 6) is 3.61. The number of carbonyl (C=O) groups is 1. The van der Waals surface area contributed by atoms with Crippen LogP contribution >= 0.6 is 11.8 Å². The third kappa shape index (κ3) is 5.44. The van der Waals surface area contributed by atoms with Crippen LogP contribution < -0.4 is 10.1 Å². The van der Waals surface area contributed by atoms with E-state index in [0.717, 1.165) is 22.8 Å². The van der Waals surface area contributed by atoms with Crippen LogP contribution in [0.15, 0.2) is 34.9 Å². The third-order valence-electron chi connectivity index (χ3n) is 2.95. The van der Waals surface area contributed by atoms with Crippen LogP contribution in [0.2, 0.25) is 0 Å². The predicted molar refractivity (Wildman–Crippen MR) is 88.5 cm³/mol. The van der Waals surface area contributed by atoms with E-state index in [1.54, 1.807) is 24.8 Å². The molecule has 6 heteroatoms. The minimum atomic E-state index is -0.0550. The fourth-order valence-corrected chi connectivity index (χ4v) is 2.56. The second kappa shape index (κ2) is 8.48. The Hall–Kier alpha value is -1.95. The summed E-state index contributed by atoms with van der Waals surface area (Å²) in [6.45, 7) is 4.45. The molecule has 5 nitrogen and oxygen atoms in total. The number of ether oxygens (including phenoxy) is 1. The molecule has 0 aliphatic heterocycles. The molecule has 0 atom stereocenters. The largest absolute Gasteiger partial charge is 0.492 e. The molecule has 0 radical (unpaired) electrons. The maximum absolute atomic E-state index is 11.7. The van der Waals surface area contributed by atoms with Gasteiger partial charge in [0.1, 0.15) is 11.5 Å². The van der Waals surface area contributed by atoms with E-state index >= 15 is 0 Å². The number of nitrogens with zero attached hydrogens (tertiary/aromatic N) is 1. The van der Waals surface area contributed by atoms with Gasteiger partial charge in [-0.1, -0.05) is 23.4 Å². The zero-order chi connectivity index (χ0) is 15.8. The first-order valence-electron chi connectivity index (χ1n) is 7.14. The van der Waals surface area contributed by atoms with Crippen molar-refractivity contribution in [3.05, 3.63) is 41.7 Å². The van der Waals surface area contributed by atoms with Gasteiger partial charge in [-0.2, -0.15) is 11.8 Å². The molecule has 1 aromatic heterocycles. The van der Waals surface area contributed by atoms with Gasteiger partial charge in [0.25, 0.3) is 0 Å². The van der Waals surface area contributed by atoms with Crippen LogP contribution in [-0.4, -0.2) is 29.2 Å². The van der Waals surface area contributed by atoms with Gasteiger partial charge < -0.3 is 14.6 Å². The number of amides is 1. The first kappa shape index (κ1) is 16.4. The lowest BCUT2D eigenvalue weighted by atomic mass is 10.2. The number of nitrogens with one attached hydrogen (secondary N) is 1. The van der Waals surface area contributed by atoms with Gasteiger partial charge >= 0.3 is 0 Å². The zero-order valence-corrected chi connectivity index (χ0v) is 13.6. The van der Waals surface area contributed by atoms with E-state index in [0.29, 0.717) is 24.6 Å². The van der Waals surface area contributed by atoms with E-state index in [2.05, 4.69) is 10.5 Å². The number of hydrogen-bond donors (Lipinski definition) is 1. The van der Waals surface area contributed by atoms with Gasteiger partial charge in [0.15, 0.2) is 5.82 Å². The standard InChI is InChI=1S/C16H20N2O3S/c1-12-5-3-4-6-14(12)20-8-10-22-9-7-16(19)17-15-11-13(2)21-18-15/h3-6,11H,7-10H2,1-2H3,(H,17,18,19). The van der Waals surface area contributed by atoms with Gasteiger partial charge in [-0.25, -0.2) is 0 Å². The predicted octanol–water partition coefficient (Wildman–Crippen LogP) is 3.43. The summed E-state index contributed by atoms with van der Waals surface area (Å²) in [5.41, 5.74) is 1.13. The lowest BCUT2D eigenvalue weighted by molar-refractivity contribution is -0.115. The highest BCUT2D eigenvalue weighted by Gasteiger charge is 2.06. The number of thioether (sulfide) groups is 1. The van der Waals surface area contributed by atoms with Crippen molar-refractivity contribution in [2.24, 2.45) is 0 Å². The van der Waals surface area contributed by atoms with E-state index in [9.17, 15) is 4.79 Å². The summed E-state index contributed by atoms with van der Waals surface area (Å²) in [7, 11) is 0. The Balaban J connectivity index is 1.55. The zero-order valence-electron chi connectivity index (χ0n) is 12.8. The smallest absolute Gasteiger partial charge is 0.226 e. The van der Waals surface area contributed by atoms with Gasteiger partial charge in [-0.3, -0.25) is 4.79 Å². The van der Waals surface area contributed by atoms with Crippen LogP contribution in [0.1, 0.15) is 17.7 Å². The Labute approximate surface area is 134 Å². The SMILES string of the molecule is Cc1cc(NC(=O)CCSCCOc2ccccc2C)no1. The topological polar surface area (TPSA) is 64.4 Å². The Kier molecular flexibility index (Phi) is 6.33. The number of carbonyl (C=O) groups excluding carboxylic acids is 1. The maximum Gasteiger partial charge on any atom is 0.226 e. The molecular formula is C16H20N2O3S. The molecule has 0 saturated heterocycles. The van der Waals surface area contributed by atoms with Gasteiger partial charge in [-0.15, -0.1) is 0 Å². The number of aromatic nitrogens is 1. The highest BCUT2D eigenvalue weighted by atomic mass is 32.2. The van der Waals surface area contributed by atoms with E-state index < -0.39 is 0 Å². The van der Waals surface area contributed by atoms with Crippen LogP contribution in [0.5, 0.6) is 5.75 Å². The molecule has 1 N–H and O–H groups in total. The molecule has 0 aliphatic rings. The Morgan fingerprint density at radius 3 is 2.86 bits per heavy atom. The molecule has 2 aromatic rings. The van der Waals surface area contributed by atoms with Crippen LogP contribution in [-0.2, 0) is 4.79 Å². The molecule has 2 rings (SSSR count). The van der Waals surface area contributed by atoms with Crippen LogP contribution in [0.4, 0.5) is 5.82 Å². The summed E-state index contributed by atoms with van der Waals surface area (Å²) in [5, 5.41) is 6.42. The second-order valence-corrected chi connectivity index (χ2v) is 6.07. The maximum atomic E-state index is 11.7. The van der Waals surface area contributed by atoms with Crippen molar-refractivity contribution in [1.82, 2.24) is 5.16 Å². The summed E-state index contributed by atoms with van der Waals surface area (Å²) < 4.78 is 10.6. The van der Waals surface area contributed by atoms with Gasteiger partial charge in [-0.05, 0) is 25.5 Å². The van der Waals surface area contributed by atoms with E-state index in [-0.39, 0.29) is 5.91 Å².